The molecule has 5 nitrogen and oxygen atoms in total. The van der Waals surface area contributed by atoms with Crippen LogP contribution < -0.4 is 10.1 Å². The Morgan fingerprint density at radius 3 is 2.61 bits per heavy atom. The van der Waals surface area contributed by atoms with Gasteiger partial charge in [0.15, 0.2) is 0 Å². The van der Waals surface area contributed by atoms with Crippen LogP contribution in [0, 0.1) is 0 Å². The van der Waals surface area contributed by atoms with Gasteiger partial charge >= 0.3 is 5.97 Å². The fourth-order valence-electron chi connectivity index (χ4n) is 1.77. The largest absolute Gasteiger partial charge is 0.496 e. The Morgan fingerprint density at radius 2 is 2.06 bits per heavy atom. The van der Waals surface area contributed by atoms with E-state index in [4.69, 9.17) is 9.84 Å². The zero-order valence-electron chi connectivity index (χ0n) is 10.5. The highest BCUT2D eigenvalue weighted by molar-refractivity contribution is 5.88. The number of benzene rings is 1. The molecule has 1 aromatic carbocycles. The van der Waals surface area contributed by atoms with Crippen molar-refractivity contribution in [1.29, 1.82) is 0 Å². The van der Waals surface area contributed by atoms with Gasteiger partial charge in [0.2, 0.25) is 5.91 Å². The average molecular weight is 251 g/mol. The second-order valence-electron chi connectivity index (χ2n) is 3.79. The van der Waals surface area contributed by atoms with Crippen molar-refractivity contribution in [3.63, 3.8) is 0 Å². The summed E-state index contributed by atoms with van der Waals surface area (Å²) in [5.41, 5.74) is 0.591. The van der Waals surface area contributed by atoms with E-state index in [9.17, 15) is 9.59 Å². The maximum Gasteiger partial charge on any atom is 0.304 e. The third-order valence-corrected chi connectivity index (χ3v) is 2.56. The Balaban J connectivity index is 3.08. The van der Waals surface area contributed by atoms with Gasteiger partial charge in [0.05, 0.1) is 19.4 Å². The molecule has 1 rings (SSSR count). The molecule has 0 aromatic heterocycles. The zero-order valence-corrected chi connectivity index (χ0v) is 10.5. The number of ether oxygens (including phenoxy) is 1. The first-order valence-corrected chi connectivity index (χ1v) is 5.72. The molecule has 1 unspecified atom stereocenters. The molecular weight excluding hydrogens is 234 g/mol. The molecule has 1 atom stereocenters. The van der Waals surface area contributed by atoms with Crippen LogP contribution in [0.5, 0.6) is 5.75 Å². The molecule has 0 aliphatic carbocycles. The van der Waals surface area contributed by atoms with Gasteiger partial charge < -0.3 is 15.2 Å². The normalized spacial score (nSPS) is 11.7. The number of amides is 1. The Hall–Kier alpha value is -2.04. The van der Waals surface area contributed by atoms with Crippen LogP contribution >= 0.6 is 0 Å². The fourth-order valence-corrected chi connectivity index (χ4v) is 1.77. The van der Waals surface area contributed by atoms with Gasteiger partial charge in [0.1, 0.15) is 5.75 Å². The minimum atomic E-state index is -1.02. The second kappa shape index (κ2) is 6.64. The summed E-state index contributed by atoms with van der Waals surface area (Å²) in [6.07, 6.45) is -0.258. The first-order chi connectivity index (χ1) is 8.60. The number of carboxylic acids is 1. The van der Waals surface area contributed by atoms with Gasteiger partial charge in [-0.1, -0.05) is 18.2 Å². The van der Waals surface area contributed by atoms with Crippen LogP contribution in [0.2, 0.25) is 0 Å². The average Bonchev–Trinajstić information content (AvgIpc) is 2.36. The number of hydrogen-bond acceptors (Lipinski definition) is 3. The van der Waals surface area contributed by atoms with Crippen LogP contribution in [0.15, 0.2) is 24.3 Å². The van der Waals surface area contributed by atoms with Crippen molar-refractivity contribution in [3.8, 4) is 5.75 Å². The molecule has 0 bridgehead atoms. The Bertz CT molecular complexity index is 431. The van der Waals surface area contributed by atoms with E-state index in [1.54, 1.807) is 31.2 Å². The predicted molar refractivity (Wildman–Crippen MR) is 66.7 cm³/mol. The van der Waals surface area contributed by atoms with Crippen LogP contribution in [0.25, 0.3) is 0 Å². The van der Waals surface area contributed by atoms with Crippen LogP contribution in [0.4, 0.5) is 0 Å². The van der Waals surface area contributed by atoms with E-state index in [1.807, 2.05) is 0 Å². The standard InChI is InChI=1S/C13H17NO4/c1-3-14-13(17)10(8-12(15)16)9-6-4-5-7-11(9)18-2/h4-7,10H,3,8H2,1-2H3,(H,14,17)(H,15,16). The summed E-state index contributed by atoms with van der Waals surface area (Å²) in [6, 6.07) is 6.95. The molecule has 18 heavy (non-hydrogen) atoms. The number of para-hydroxylation sites is 1. The van der Waals surface area contributed by atoms with Gasteiger partial charge in [-0.3, -0.25) is 9.59 Å². The van der Waals surface area contributed by atoms with Crippen molar-refractivity contribution < 1.29 is 19.4 Å². The number of carboxylic acid groups (broad SMARTS) is 1. The van der Waals surface area contributed by atoms with Gasteiger partial charge in [-0.05, 0) is 13.0 Å². The molecule has 2 N–H and O–H groups in total. The fraction of sp³-hybridized carbons (Fsp3) is 0.385. The lowest BCUT2D eigenvalue weighted by atomic mass is 9.94. The highest BCUT2D eigenvalue weighted by atomic mass is 16.5. The molecule has 0 radical (unpaired) electrons. The Kier molecular flexibility index (Phi) is 5.17. The molecule has 0 fully saturated rings. The number of carbonyl (C=O) groups is 2. The lowest BCUT2D eigenvalue weighted by Crippen LogP contribution is -2.30. The molecular formula is C13H17NO4. The summed E-state index contributed by atoms with van der Waals surface area (Å²) in [6.45, 7) is 2.25. The van der Waals surface area contributed by atoms with Gasteiger partial charge in [-0.2, -0.15) is 0 Å². The zero-order chi connectivity index (χ0) is 13.5. The molecule has 0 aliphatic heterocycles. The lowest BCUT2D eigenvalue weighted by molar-refractivity contribution is -0.139. The smallest absolute Gasteiger partial charge is 0.304 e. The van der Waals surface area contributed by atoms with Gasteiger partial charge in [-0.15, -0.1) is 0 Å². The molecule has 0 saturated heterocycles. The first-order valence-electron chi connectivity index (χ1n) is 5.72. The lowest BCUT2D eigenvalue weighted by Gasteiger charge is -2.17. The molecule has 0 heterocycles. The number of nitrogens with one attached hydrogen (secondary N) is 1. The van der Waals surface area contributed by atoms with E-state index < -0.39 is 11.9 Å². The summed E-state index contributed by atoms with van der Waals surface area (Å²) in [5.74, 6) is -1.53. The van der Waals surface area contributed by atoms with Crippen LogP contribution in [-0.4, -0.2) is 30.6 Å². The molecule has 5 heteroatoms. The minimum absolute atomic E-state index is 0.258. The molecule has 98 valence electrons. The summed E-state index contributed by atoms with van der Waals surface area (Å²) < 4.78 is 5.16. The van der Waals surface area contributed by atoms with Gasteiger partial charge in [0, 0.05) is 12.1 Å². The summed E-state index contributed by atoms with van der Waals surface area (Å²) in [4.78, 5) is 22.8. The van der Waals surface area contributed by atoms with Gasteiger partial charge in [0.25, 0.3) is 0 Å². The number of aliphatic carboxylic acids is 1. The summed E-state index contributed by atoms with van der Waals surface area (Å²) >= 11 is 0. The number of rotatable bonds is 6. The number of methoxy groups -OCH3 is 1. The number of carbonyl (C=O) groups excluding carboxylic acids is 1. The van der Waals surface area contributed by atoms with Crippen molar-refractivity contribution in [2.75, 3.05) is 13.7 Å². The third-order valence-electron chi connectivity index (χ3n) is 2.56. The Labute approximate surface area is 106 Å². The highest BCUT2D eigenvalue weighted by Crippen LogP contribution is 2.29. The molecule has 1 amide bonds. The summed E-state index contributed by atoms with van der Waals surface area (Å²) in [5, 5.41) is 11.5. The second-order valence-corrected chi connectivity index (χ2v) is 3.79. The minimum Gasteiger partial charge on any atom is -0.496 e. The molecule has 0 spiro atoms. The van der Waals surface area contributed by atoms with Crippen LogP contribution in [-0.2, 0) is 9.59 Å². The van der Waals surface area contributed by atoms with Crippen molar-refractivity contribution >= 4 is 11.9 Å². The van der Waals surface area contributed by atoms with E-state index in [-0.39, 0.29) is 12.3 Å². The van der Waals surface area contributed by atoms with E-state index >= 15 is 0 Å². The third kappa shape index (κ3) is 3.48. The monoisotopic (exact) mass is 251 g/mol. The SMILES string of the molecule is CCNC(=O)C(CC(=O)O)c1ccccc1OC. The van der Waals surface area contributed by atoms with Crippen LogP contribution in [0.1, 0.15) is 24.8 Å². The maximum absolute atomic E-state index is 11.9. The highest BCUT2D eigenvalue weighted by Gasteiger charge is 2.25. The number of likely N-dealkylation sites (N-methyl/N-ethyl adjacent to an activating group) is 1. The molecule has 0 saturated carbocycles. The van der Waals surface area contributed by atoms with E-state index in [0.29, 0.717) is 17.9 Å². The quantitative estimate of drug-likeness (QED) is 0.801. The summed E-state index contributed by atoms with van der Waals surface area (Å²) in [7, 11) is 1.49. The van der Waals surface area contributed by atoms with Crippen molar-refractivity contribution in [1.82, 2.24) is 5.32 Å². The van der Waals surface area contributed by atoms with Crippen molar-refractivity contribution in [2.45, 2.75) is 19.3 Å². The van der Waals surface area contributed by atoms with Crippen LogP contribution in [0.3, 0.4) is 0 Å². The Morgan fingerprint density at radius 1 is 1.39 bits per heavy atom. The topological polar surface area (TPSA) is 75.6 Å². The van der Waals surface area contributed by atoms with Gasteiger partial charge in [-0.25, -0.2) is 0 Å². The molecule has 0 aliphatic rings. The van der Waals surface area contributed by atoms with Crippen molar-refractivity contribution in [3.05, 3.63) is 29.8 Å². The van der Waals surface area contributed by atoms with E-state index in [0.717, 1.165) is 0 Å². The van der Waals surface area contributed by atoms with Crippen molar-refractivity contribution in [2.24, 2.45) is 0 Å². The van der Waals surface area contributed by atoms with E-state index in [2.05, 4.69) is 5.32 Å². The molecule has 1 aromatic rings. The first kappa shape index (κ1) is 14.0. The number of hydrogen-bond donors (Lipinski definition) is 2. The maximum atomic E-state index is 11.9. The predicted octanol–water partition coefficient (Wildman–Crippen LogP) is 1.39. The van der Waals surface area contributed by atoms with E-state index in [1.165, 1.54) is 7.11 Å².